The van der Waals surface area contributed by atoms with Crippen LogP contribution >= 0.6 is 23.2 Å². The highest BCUT2D eigenvalue weighted by atomic mass is 35.5. The standard InChI is InChI=1S/C62H49Cl2N7O20/c63-34-11-23-1-7-40(34)89-44-18-28-19-45(54(44)91-42-9-10-87-62(42)86)90-41-8-4-26(16-35(41)64)53(77)52-60(83)70-51(61(84)85)33-21-30(73)22-39(76)46(33)32-15-25(3-5-37(32)74)48(57(80)71-52)68-59(82)50(28)69-58(81)49-27-13-29(72)20-31(14-27)88-43-17-24(2-6-38(43)75)47(65)56(79)66-36(12-23)55(78)67-49/h1-8,11,13-22,36,42,47-53,72-77H,9-10,12,65H2,(H,66,79)(H,67,78)(H,68,82)(H,69,81)(H,70,83)(H,71,80)(H,84,85)/t36-,42?,47+,48-,49+,50-,51-,52+,53-/m1/s1. The van der Waals surface area contributed by atoms with Gasteiger partial charge in [0.2, 0.25) is 41.2 Å². The van der Waals surface area contributed by atoms with Gasteiger partial charge < -0.3 is 97.1 Å². The predicted octanol–water partition coefficient (Wildman–Crippen LogP) is 4.97. The number of benzene rings is 7. The Morgan fingerprint density at radius 3 is 1.81 bits per heavy atom. The van der Waals surface area contributed by atoms with Crippen LogP contribution in [-0.4, -0.2) is 108 Å². The molecule has 0 saturated carbocycles. The number of esters is 1. The van der Waals surface area contributed by atoms with Crippen molar-refractivity contribution in [3.8, 4) is 80.1 Å². The highest BCUT2D eigenvalue weighted by Gasteiger charge is 2.42. The number of phenolic OH excluding ortho intramolecular Hbond substituents is 5. The van der Waals surface area contributed by atoms with E-state index < -0.39 is 153 Å². The fraction of sp³-hybridized carbons (Fsp3) is 0.194. The van der Waals surface area contributed by atoms with E-state index in [1.54, 1.807) is 0 Å². The molecule has 7 aromatic rings. The molecule has 466 valence electrons. The summed E-state index contributed by atoms with van der Waals surface area (Å²) in [5.74, 6) is -15.3. The van der Waals surface area contributed by atoms with Crippen LogP contribution in [0.5, 0.6) is 69.0 Å². The van der Waals surface area contributed by atoms with Gasteiger partial charge in [0, 0.05) is 41.7 Å². The largest absolute Gasteiger partial charge is 0.508 e. The molecule has 1 saturated heterocycles. The second-order valence-electron chi connectivity index (χ2n) is 21.6. The smallest absolute Gasteiger partial charge is 0.347 e. The van der Waals surface area contributed by atoms with E-state index in [0.29, 0.717) is 5.56 Å². The number of carbonyl (C=O) groups excluding carboxylic acids is 7. The van der Waals surface area contributed by atoms with Crippen molar-refractivity contribution in [1.82, 2.24) is 31.9 Å². The summed E-state index contributed by atoms with van der Waals surface area (Å²) in [5.41, 5.74) is 4.37. The Bertz CT molecular complexity index is 4280. The molecule has 29 heteroatoms. The molecule has 6 amide bonds. The molecule has 14 rings (SSSR count). The Kier molecular flexibility index (Phi) is 15.8. The van der Waals surface area contributed by atoms with Crippen molar-refractivity contribution < 1.29 is 97.8 Å². The second-order valence-corrected chi connectivity index (χ2v) is 22.5. The van der Waals surface area contributed by atoms with Crippen LogP contribution in [-0.2, 0) is 49.5 Å². The van der Waals surface area contributed by atoms with Gasteiger partial charge >= 0.3 is 11.9 Å². The first-order valence-electron chi connectivity index (χ1n) is 27.6. The molecule has 7 aliphatic rings. The van der Waals surface area contributed by atoms with E-state index >= 15 is 19.2 Å². The molecule has 15 N–H and O–H groups in total. The van der Waals surface area contributed by atoms with Gasteiger partial charge in [0.1, 0.15) is 82.6 Å². The van der Waals surface area contributed by atoms with Gasteiger partial charge in [0.15, 0.2) is 35.1 Å². The average molecular weight is 1280 g/mol. The van der Waals surface area contributed by atoms with Crippen LogP contribution in [0.1, 0.15) is 81.7 Å². The molecule has 17 bridgehead atoms. The molecule has 27 nitrogen and oxygen atoms in total. The van der Waals surface area contributed by atoms with Gasteiger partial charge in [-0.2, -0.15) is 0 Å². The van der Waals surface area contributed by atoms with Crippen LogP contribution in [0.4, 0.5) is 0 Å². The maximum atomic E-state index is 16.0. The number of cyclic esters (lactones) is 1. The second kappa shape index (κ2) is 23.8. The summed E-state index contributed by atoms with van der Waals surface area (Å²) in [5, 5.41) is 93.5. The Morgan fingerprint density at radius 2 is 1.14 bits per heavy atom. The number of hydrogen-bond donors (Lipinski definition) is 14. The zero-order valence-electron chi connectivity index (χ0n) is 46.6. The molecule has 7 aliphatic heterocycles. The molecule has 0 aliphatic carbocycles. The third-order valence-electron chi connectivity index (χ3n) is 15.6. The molecule has 91 heavy (non-hydrogen) atoms. The number of aliphatic hydroxyl groups excluding tert-OH is 1. The van der Waals surface area contributed by atoms with E-state index in [1.165, 1.54) is 60.7 Å². The first-order valence-corrected chi connectivity index (χ1v) is 28.4. The first kappa shape index (κ1) is 60.3. The van der Waals surface area contributed by atoms with Crippen molar-refractivity contribution in [2.45, 2.75) is 67.3 Å². The minimum atomic E-state index is -2.22. The van der Waals surface area contributed by atoms with Crippen molar-refractivity contribution >= 4 is 70.6 Å². The number of phenols is 5. The Morgan fingerprint density at radius 1 is 0.538 bits per heavy atom. The number of carboxylic acid groups (broad SMARTS) is 1. The van der Waals surface area contributed by atoms with E-state index in [1.807, 2.05) is 0 Å². The average Bonchev–Trinajstić information content (AvgIpc) is 1.16. The van der Waals surface area contributed by atoms with E-state index in [-0.39, 0.29) is 91.8 Å². The van der Waals surface area contributed by atoms with Crippen molar-refractivity contribution in [1.29, 1.82) is 0 Å². The van der Waals surface area contributed by atoms with Crippen LogP contribution < -0.4 is 56.6 Å². The molecule has 9 atom stereocenters. The quantitative estimate of drug-likeness (QED) is 0.104. The molecular weight excluding hydrogens is 1230 g/mol. The fourth-order valence-corrected chi connectivity index (χ4v) is 11.5. The van der Waals surface area contributed by atoms with E-state index in [0.717, 1.165) is 54.6 Å². The molecule has 0 radical (unpaired) electrons. The summed E-state index contributed by atoms with van der Waals surface area (Å²) in [6, 6.07) is 8.21. The van der Waals surface area contributed by atoms with Gasteiger partial charge in [-0.3, -0.25) is 28.8 Å². The number of halogens is 2. The molecular formula is C62H49Cl2N7O20. The Balaban J connectivity index is 1.11. The lowest BCUT2D eigenvalue weighted by atomic mass is 9.89. The number of amides is 6. The number of nitrogens with two attached hydrogens (primary N) is 1. The van der Waals surface area contributed by atoms with Crippen LogP contribution in [0.15, 0.2) is 115 Å². The van der Waals surface area contributed by atoms with Crippen molar-refractivity contribution in [2.24, 2.45) is 5.73 Å². The number of fused-ring (bicyclic) bond motifs is 14. The van der Waals surface area contributed by atoms with Gasteiger partial charge in [0.05, 0.1) is 16.7 Å². The number of aliphatic carboxylic acids is 1. The van der Waals surface area contributed by atoms with Crippen molar-refractivity contribution in [3.63, 3.8) is 0 Å². The zero-order valence-corrected chi connectivity index (χ0v) is 48.1. The summed E-state index contributed by atoms with van der Waals surface area (Å²) in [7, 11) is 0. The number of carboxylic acids is 1. The zero-order chi connectivity index (χ0) is 64.4. The lowest BCUT2D eigenvalue weighted by Crippen LogP contribution is -2.55. The minimum Gasteiger partial charge on any atom is -0.508 e. The topological polar surface area (TPSA) is 423 Å². The Hall–Kier alpha value is -11.0. The number of aliphatic hydroxyl groups is 1. The molecule has 0 aromatic heterocycles. The molecule has 7 heterocycles. The molecule has 0 spiro atoms. The fourth-order valence-electron chi connectivity index (χ4n) is 11.1. The number of rotatable bonds is 3. The highest BCUT2D eigenvalue weighted by Crippen LogP contribution is 2.49. The summed E-state index contributed by atoms with van der Waals surface area (Å²) >= 11 is 14.0. The number of carbonyl (C=O) groups is 8. The third kappa shape index (κ3) is 11.8. The van der Waals surface area contributed by atoms with Gasteiger partial charge in [0.25, 0.3) is 0 Å². The summed E-state index contributed by atoms with van der Waals surface area (Å²) in [4.78, 5) is 117. The number of hydrogen-bond acceptors (Lipinski definition) is 20. The van der Waals surface area contributed by atoms with Crippen LogP contribution in [0.25, 0.3) is 11.1 Å². The first-order chi connectivity index (χ1) is 43.4. The maximum Gasteiger partial charge on any atom is 0.347 e. The van der Waals surface area contributed by atoms with Gasteiger partial charge in [-0.15, -0.1) is 0 Å². The lowest BCUT2D eigenvalue weighted by molar-refractivity contribution is -0.144. The molecule has 1 fully saturated rings. The maximum absolute atomic E-state index is 16.0. The number of ether oxygens (including phenoxy) is 5. The van der Waals surface area contributed by atoms with Gasteiger partial charge in [-0.1, -0.05) is 47.5 Å². The van der Waals surface area contributed by atoms with Crippen molar-refractivity contribution in [2.75, 3.05) is 6.61 Å². The molecule has 1 unspecified atom stereocenters. The molecule has 7 aromatic carbocycles. The Labute approximate surface area is 522 Å². The van der Waals surface area contributed by atoms with E-state index in [9.17, 15) is 54.9 Å². The van der Waals surface area contributed by atoms with Crippen molar-refractivity contribution in [3.05, 3.63) is 164 Å². The van der Waals surface area contributed by atoms with Crippen LogP contribution in [0.3, 0.4) is 0 Å². The number of nitrogens with one attached hydrogen (secondary N) is 6. The lowest BCUT2D eigenvalue weighted by Gasteiger charge is -2.31. The van der Waals surface area contributed by atoms with E-state index in [2.05, 4.69) is 31.9 Å². The monoisotopic (exact) mass is 1280 g/mol. The predicted molar refractivity (Wildman–Crippen MR) is 313 cm³/mol. The van der Waals surface area contributed by atoms with Crippen LogP contribution in [0.2, 0.25) is 10.0 Å². The minimum absolute atomic E-state index is 0.00796. The third-order valence-corrected chi connectivity index (χ3v) is 16.2. The normalized spacial score (nSPS) is 22.9. The highest BCUT2D eigenvalue weighted by molar-refractivity contribution is 6.32. The summed E-state index contributed by atoms with van der Waals surface area (Å²) < 4.78 is 30.7. The van der Waals surface area contributed by atoms with Crippen LogP contribution in [0, 0.1) is 0 Å². The van der Waals surface area contributed by atoms with E-state index in [4.69, 9.17) is 52.6 Å². The summed E-state index contributed by atoms with van der Waals surface area (Å²) in [6.07, 6.45) is -3.87. The summed E-state index contributed by atoms with van der Waals surface area (Å²) in [6.45, 7) is -0.0805. The van der Waals surface area contributed by atoms with Gasteiger partial charge in [-0.25, -0.2) is 9.59 Å². The number of aromatic hydroxyl groups is 5. The SMILES string of the molecule is N[C@@H]1C(=O)N[C@@H]2Cc3ccc(c(Cl)c3)Oc3cc4cc(c3OC3CCOC3=O)Oc3ccc(cc3Cl)[C@@H](O)[C@@H]3NC(=O)[C@H](NC(=O)[C@@H]4NC(=O)[C@@H](NC2=O)c2cc(O)cc(c2)Oc2cc1ccc2O)c1ccc(O)c(c1)-c1c(O)cc(O)cc1[C@H](C(=O)O)NC3=O. The van der Waals surface area contributed by atoms with Gasteiger partial charge in [-0.05, 0) is 112 Å².